The molecule has 1 aromatic carbocycles. The molecule has 0 bridgehead atoms. The molecule has 2 N–H and O–H groups in total. The van der Waals surface area contributed by atoms with E-state index in [1.54, 1.807) is 7.11 Å². The molecule has 0 radical (unpaired) electrons. The van der Waals surface area contributed by atoms with Crippen molar-refractivity contribution < 1.29 is 19.0 Å². The first-order valence-corrected chi connectivity index (χ1v) is 5.31. The van der Waals surface area contributed by atoms with Gasteiger partial charge in [-0.1, -0.05) is 13.0 Å². The van der Waals surface area contributed by atoms with Gasteiger partial charge >= 0.3 is 5.97 Å². The Bertz CT molecular complexity index is 395. The molecule has 0 saturated carbocycles. The second-order valence-electron chi connectivity index (χ2n) is 3.91. The molecule has 0 saturated heterocycles. The average molecular weight is 241 g/mol. The van der Waals surface area contributed by atoms with Gasteiger partial charge in [0.05, 0.1) is 17.9 Å². The lowest BCUT2D eigenvalue weighted by Crippen LogP contribution is -2.18. The number of halogens is 1. The minimum atomic E-state index is -1.15. The van der Waals surface area contributed by atoms with Crippen molar-refractivity contribution in [1.82, 2.24) is 0 Å². The van der Waals surface area contributed by atoms with E-state index in [9.17, 15) is 9.18 Å². The molecular formula is C12H16FNO3. The lowest BCUT2D eigenvalue weighted by Gasteiger charge is -2.14. The normalized spacial score (nSPS) is 12.2. The number of carboxylic acids is 1. The van der Waals surface area contributed by atoms with Gasteiger partial charge in [-0.25, -0.2) is 9.18 Å². The number of benzene rings is 1. The molecule has 0 amide bonds. The number of rotatable bonds is 6. The van der Waals surface area contributed by atoms with E-state index in [-0.39, 0.29) is 17.2 Å². The van der Waals surface area contributed by atoms with Crippen LogP contribution in [0.3, 0.4) is 0 Å². The fraction of sp³-hybridized carbons (Fsp3) is 0.417. The number of methoxy groups -OCH3 is 1. The van der Waals surface area contributed by atoms with Gasteiger partial charge in [0.25, 0.3) is 0 Å². The van der Waals surface area contributed by atoms with Crippen LogP contribution in [0.4, 0.5) is 10.1 Å². The Morgan fingerprint density at radius 2 is 2.29 bits per heavy atom. The first-order valence-electron chi connectivity index (χ1n) is 5.31. The summed E-state index contributed by atoms with van der Waals surface area (Å²) in [7, 11) is 1.59. The lowest BCUT2D eigenvalue weighted by atomic mass is 10.1. The van der Waals surface area contributed by atoms with Gasteiger partial charge in [0, 0.05) is 13.7 Å². The first-order chi connectivity index (χ1) is 8.06. The topological polar surface area (TPSA) is 58.6 Å². The Kier molecular flexibility index (Phi) is 4.90. The second kappa shape index (κ2) is 6.20. The van der Waals surface area contributed by atoms with Gasteiger partial charge in [0.1, 0.15) is 5.82 Å². The molecule has 17 heavy (non-hydrogen) atoms. The van der Waals surface area contributed by atoms with E-state index in [1.165, 1.54) is 18.2 Å². The molecule has 0 aliphatic heterocycles. The molecule has 94 valence electrons. The number of carboxylic acid groups (broad SMARTS) is 1. The molecule has 0 fully saturated rings. The summed E-state index contributed by atoms with van der Waals surface area (Å²) in [5, 5.41) is 11.7. The maximum atomic E-state index is 13.5. The van der Waals surface area contributed by atoms with E-state index in [0.29, 0.717) is 13.2 Å². The zero-order valence-corrected chi connectivity index (χ0v) is 9.87. The second-order valence-corrected chi connectivity index (χ2v) is 3.91. The van der Waals surface area contributed by atoms with Gasteiger partial charge in [0.15, 0.2) is 0 Å². The Hall–Kier alpha value is -1.62. The van der Waals surface area contributed by atoms with Crippen LogP contribution in [0.2, 0.25) is 0 Å². The predicted octanol–water partition coefficient (Wildman–Crippen LogP) is 2.22. The Balaban J connectivity index is 2.79. The summed E-state index contributed by atoms with van der Waals surface area (Å²) in [5.74, 6) is -1.54. The van der Waals surface area contributed by atoms with Gasteiger partial charge < -0.3 is 15.2 Å². The standard InChI is InChI=1S/C12H16FNO3/c1-8(7-17-2)6-14-11-9(12(15)16)4-3-5-10(11)13/h3-5,8,14H,6-7H2,1-2H3,(H,15,16). The van der Waals surface area contributed by atoms with Crippen molar-refractivity contribution in [2.45, 2.75) is 6.92 Å². The van der Waals surface area contributed by atoms with E-state index >= 15 is 0 Å². The van der Waals surface area contributed by atoms with Crippen LogP contribution in [-0.2, 0) is 4.74 Å². The molecule has 5 heteroatoms. The van der Waals surface area contributed by atoms with Crippen molar-refractivity contribution in [3.8, 4) is 0 Å². The van der Waals surface area contributed by atoms with Gasteiger partial charge in [-0.15, -0.1) is 0 Å². The van der Waals surface area contributed by atoms with Crippen molar-refractivity contribution in [3.63, 3.8) is 0 Å². The van der Waals surface area contributed by atoms with Crippen molar-refractivity contribution in [2.24, 2.45) is 5.92 Å². The summed E-state index contributed by atoms with van der Waals surface area (Å²) in [6.07, 6.45) is 0. The van der Waals surface area contributed by atoms with Crippen LogP contribution in [0.25, 0.3) is 0 Å². The van der Waals surface area contributed by atoms with E-state index < -0.39 is 11.8 Å². The Morgan fingerprint density at radius 3 is 2.88 bits per heavy atom. The number of para-hydroxylation sites is 1. The van der Waals surface area contributed by atoms with Gasteiger partial charge in [0.2, 0.25) is 0 Å². The van der Waals surface area contributed by atoms with Crippen molar-refractivity contribution in [2.75, 3.05) is 25.6 Å². The van der Waals surface area contributed by atoms with Gasteiger partial charge in [-0.05, 0) is 18.1 Å². The molecule has 1 unspecified atom stereocenters. The van der Waals surface area contributed by atoms with Crippen LogP contribution < -0.4 is 5.32 Å². The van der Waals surface area contributed by atoms with Crippen molar-refractivity contribution in [3.05, 3.63) is 29.6 Å². The SMILES string of the molecule is COCC(C)CNc1c(F)cccc1C(=O)O. The highest BCUT2D eigenvalue weighted by molar-refractivity contribution is 5.94. The van der Waals surface area contributed by atoms with E-state index in [1.807, 2.05) is 6.92 Å². The minimum Gasteiger partial charge on any atom is -0.478 e. The van der Waals surface area contributed by atoms with Gasteiger partial charge in [-0.2, -0.15) is 0 Å². The Labute approximate surface area is 99.4 Å². The van der Waals surface area contributed by atoms with Crippen LogP contribution >= 0.6 is 0 Å². The van der Waals surface area contributed by atoms with Crippen LogP contribution in [0.15, 0.2) is 18.2 Å². The fourth-order valence-electron chi connectivity index (χ4n) is 1.50. The molecule has 1 aromatic rings. The molecular weight excluding hydrogens is 225 g/mol. The number of ether oxygens (including phenoxy) is 1. The number of anilines is 1. The molecule has 0 spiro atoms. The third-order valence-corrected chi connectivity index (χ3v) is 2.32. The number of nitrogens with one attached hydrogen (secondary N) is 1. The van der Waals surface area contributed by atoms with E-state index in [2.05, 4.69) is 5.32 Å². The molecule has 0 aliphatic rings. The van der Waals surface area contributed by atoms with Gasteiger partial charge in [-0.3, -0.25) is 0 Å². The zero-order chi connectivity index (χ0) is 12.8. The summed E-state index contributed by atoms with van der Waals surface area (Å²) < 4.78 is 18.4. The average Bonchev–Trinajstić information content (AvgIpc) is 2.27. The number of carbonyl (C=O) groups is 1. The monoisotopic (exact) mass is 241 g/mol. The number of hydrogen-bond acceptors (Lipinski definition) is 3. The number of hydrogen-bond donors (Lipinski definition) is 2. The molecule has 1 atom stereocenters. The fourth-order valence-corrected chi connectivity index (χ4v) is 1.50. The van der Waals surface area contributed by atoms with Crippen molar-refractivity contribution in [1.29, 1.82) is 0 Å². The maximum absolute atomic E-state index is 13.5. The third kappa shape index (κ3) is 3.71. The Morgan fingerprint density at radius 1 is 1.59 bits per heavy atom. The highest BCUT2D eigenvalue weighted by Crippen LogP contribution is 2.20. The van der Waals surface area contributed by atoms with Crippen LogP contribution in [0, 0.1) is 11.7 Å². The quantitative estimate of drug-likeness (QED) is 0.801. The summed E-state index contributed by atoms with van der Waals surface area (Å²) in [6, 6.07) is 3.98. The summed E-state index contributed by atoms with van der Waals surface area (Å²) >= 11 is 0. The summed E-state index contributed by atoms with van der Waals surface area (Å²) in [5.41, 5.74) is -0.0300. The van der Waals surface area contributed by atoms with Crippen LogP contribution in [0.5, 0.6) is 0 Å². The molecule has 0 aromatic heterocycles. The molecule has 4 nitrogen and oxygen atoms in total. The van der Waals surface area contributed by atoms with E-state index in [4.69, 9.17) is 9.84 Å². The molecule has 1 rings (SSSR count). The maximum Gasteiger partial charge on any atom is 0.337 e. The lowest BCUT2D eigenvalue weighted by molar-refractivity contribution is 0.0697. The van der Waals surface area contributed by atoms with Crippen LogP contribution in [-0.4, -0.2) is 31.3 Å². The molecule has 0 heterocycles. The largest absolute Gasteiger partial charge is 0.478 e. The molecule has 0 aliphatic carbocycles. The minimum absolute atomic E-state index is 0.0305. The first kappa shape index (κ1) is 13.4. The smallest absolute Gasteiger partial charge is 0.337 e. The summed E-state index contributed by atoms with van der Waals surface area (Å²) in [4.78, 5) is 10.9. The third-order valence-electron chi connectivity index (χ3n) is 2.32. The zero-order valence-electron chi connectivity index (χ0n) is 9.87. The highest BCUT2D eigenvalue weighted by atomic mass is 19.1. The summed E-state index contributed by atoms with van der Waals surface area (Å²) in [6.45, 7) is 2.91. The van der Waals surface area contributed by atoms with E-state index in [0.717, 1.165) is 0 Å². The number of aromatic carboxylic acids is 1. The predicted molar refractivity (Wildman–Crippen MR) is 62.9 cm³/mol. The van der Waals surface area contributed by atoms with Crippen molar-refractivity contribution >= 4 is 11.7 Å². The van der Waals surface area contributed by atoms with Crippen LogP contribution in [0.1, 0.15) is 17.3 Å². The highest BCUT2D eigenvalue weighted by Gasteiger charge is 2.14.